The summed E-state index contributed by atoms with van der Waals surface area (Å²) in [6.45, 7) is 11.5. The van der Waals surface area contributed by atoms with Gasteiger partial charge in [-0.1, -0.05) is 36.9 Å². The van der Waals surface area contributed by atoms with E-state index in [1.807, 2.05) is 43.5 Å². The number of allylic oxidation sites excluding steroid dienone is 2. The number of ether oxygens (including phenoxy) is 2. The third-order valence-electron chi connectivity index (χ3n) is 5.19. The number of hydrogen-bond acceptors (Lipinski definition) is 4. The summed E-state index contributed by atoms with van der Waals surface area (Å²) in [7, 11) is 3.36. The lowest BCUT2D eigenvalue weighted by Crippen LogP contribution is -2.23. The Labute approximate surface area is 185 Å². The van der Waals surface area contributed by atoms with Crippen LogP contribution in [0.1, 0.15) is 29.2 Å². The Hall–Kier alpha value is -3.53. The van der Waals surface area contributed by atoms with Crippen LogP contribution in [-0.4, -0.2) is 19.2 Å². The maximum atomic E-state index is 5.30. The van der Waals surface area contributed by atoms with E-state index in [-0.39, 0.29) is 0 Å². The van der Waals surface area contributed by atoms with Gasteiger partial charge in [0.25, 0.3) is 0 Å². The van der Waals surface area contributed by atoms with Gasteiger partial charge in [0.05, 0.1) is 14.2 Å². The number of pyridine rings is 1. The summed E-state index contributed by atoms with van der Waals surface area (Å²) in [4.78, 5) is 7.06. The maximum Gasteiger partial charge on any atom is 0.129 e. The molecule has 0 radical (unpaired) electrons. The van der Waals surface area contributed by atoms with E-state index in [1.54, 1.807) is 14.2 Å². The van der Waals surface area contributed by atoms with E-state index in [0.717, 1.165) is 48.0 Å². The Morgan fingerprint density at radius 1 is 0.935 bits per heavy atom. The van der Waals surface area contributed by atoms with Crippen LogP contribution in [0.5, 0.6) is 11.5 Å². The van der Waals surface area contributed by atoms with Crippen LogP contribution < -0.4 is 14.4 Å². The Balaban J connectivity index is 1.95. The quantitative estimate of drug-likeness (QED) is 0.377. The standard InChI is InChI=1S/C27H30N2O2/c1-6-7-23-16-27(28-17-26(23)20(2)3)29(18-21-8-12-24(30-4)13-9-21)19-22-10-14-25(31-5)15-11-22/h6,8-17H,1-2,7,18-19H2,3-5H3. The van der Waals surface area contributed by atoms with Gasteiger partial charge in [-0.05, 0) is 71.5 Å². The minimum absolute atomic E-state index is 0.725. The zero-order valence-corrected chi connectivity index (χ0v) is 18.6. The molecule has 160 valence electrons. The average Bonchev–Trinajstić information content (AvgIpc) is 2.79. The number of aromatic nitrogens is 1. The highest BCUT2D eigenvalue weighted by atomic mass is 16.5. The van der Waals surface area contributed by atoms with Crippen molar-refractivity contribution in [2.24, 2.45) is 0 Å². The predicted octanol–water partition coefficient (Wildman–Crippen LogP) is 6.07. The first kappa shape index (κ1) is 22.2. The molecule has 1 heterocycles. The van der Waals surface area contributed by atoms with Crippen LogP contribution in [-0.2, 0) is 19.5 Å². The van der Waals surface area contributed by atoms with Gasteiger partial charge in [0.15, 0.2) is 0 Å². The fourth-order valence-electron chi connectivity index (χ4n) is 3.49. The predicted molar refractivity (Wildman–Crippen MR) is 129 cm³/mol. The van der Waals surface area contributed by atoms with Crippen LogP contribution in [0.2, 0.25) is 0 Å². The van der Waals surface area contributed by atoms with E-state index in [2.05, 4.69) is 48.4 Å². The zero-order chi connectivity index (χ0) is 22.2. The largest absolute Gasteiger partial charge is 0.497 e. The molecule has 4 nitrogen and oxygen atoms in total. The molecule has 31 heavy (non-hydrogen) atoms. The third-order valence-corrected chi connectivity index (χ3v) is 5.19. The fraction of sp³-hybridized carbons (Fsp3) is 0.222. The molecule has 1 aromatic heterocycles. The second kappa shape index (κ2) is 10.5. The topological polar surface area (TPSA) is 34.6 Å². The number of rotatable bonds is 10. The lowest BCUT2D eigenvalue weighted by molar-refractivity contribution is 0.414. The van der Waals surface area contributed by atoms with Crippen molar-refractivity contribution in [1.29, 1.82) is 0 Å². The first-order valence-corrected chi connectivity index (χ1v) is 10.3. The number of nitrogens with zero attached hydrogens (tertiary/aromatic N) is 2. The van der Waals surface area contributed by atoms with E-state index in [9.17, 15) is 0 Å². The van der Waals surface area contributed by atoms with Crippen molar-refractivity contribution in [3.63, 3.8) is 0 Å². The summed E-state index contributed by atoms with van der Waals surface area (Å²) >= 11 is 0. The van der Waals surface area contributed by atoms with E-state index in [4.69, 9.17) is 14.5 Å². The molecule has 2 aromatic carbocycles. The summed E-state index contributed by atoms with van der Waals surface area (Å²) in [6, 6.07) is 18.5. The van der Waals surface area contributed by atoms with Crippen LogP contribution in [0.15, 0.2) is 80.0 Å². The molecule has 0 saturated heterocycles. The summed E-state index contributed by atoms with van der Waals surface area (Å²) in [6.07, 6.45) is 4.62. The van der Waals surface area contributed by atoms with Gasteiger partial charge in [0, 0.05) is 19.3 Å². The summed E-state index contributed by atoms with van der Waals surface area (Å²) in [5.41, 5.74) is 5.64. The normalized spacial score (nSPS) is 10.4. The molecule has 0 aliphatic carbocycles. The van der Waals surface area contributed by atoms with Gasteiger partial charge in [-0.15, -0.1) is 6.58 Å². The smallest absolute Gasteiger partial charge is 0.129 e. The van der Waals surface area contributed by atoms with Crippen LogP contribution in [0.25, 0.3) is 5.57 Å². The van der Waals surface area contributed by atoms with Crippen molar-refractivity contribution in [2.75, 3.05) is 19.1 Å². The summed E-state index contributed by atoms with van der Waals surface area (Å²) in [5.74, 6) is 2.62. The van der Waals surface area contributed by atoms with Crippen LogP contribution in [0, 0.1) is 0 Å². The molecule has 0 N–H and O–H groups in total. The van der Waals surface area contributed by atoms with Crippen molar-refractivity contribution >= 4 is 11.4 Å². The minimum atomic E-state index is 0.725. The van der Waals surface area contributed by atoms with Crippen molar-refractivity contribution in [3.05, 3.63) is 102 Å². The molecule has 0 fully saturated rings. The van der Waals surface area contributed by atoms with Gasteiger partial charge < -0.3 is 14.4 Å². The molecule has 3 rings (SSSR count). The number of hydrogen-bond donors (Lipinski definition) is 0. The first-order valence-electron chi connectivity index (χ1n) is 10.3. The van der Waals surface area contributed by atoms with Crippen molar-refractivity contribution in [1.82, 2.24) is 4.98 Å². The second-order valence-corrected chi connectivity index (χ2v) is 7.52. The van der Waals surface area contributed by atoms with Crippen LogP contribution in [0.4, 0.5) is 5.82 Å². The summed E-state index contributed by atoms with van der Waals surface area (Å²) in [5, 5.41) is 0. The Morgan fingerprint density at radius 2 is 1.45 bits per heavy atom. The average molecular weight is 415 g/mol. The molecule has 4 heteroatoms. The molecule has 0 unspecified atom stereocenters. The SMILES string of the molecule is C=CCc1cc(N(Cc2ccc(OC)cc2)Cc2ccc(OC)cc2)ncc1C(=C)C. The van der Waals surface area contributed by atoms with Gasteiger partial charge in [0.1, 0.15) is 17.3 Å². The highest BCUT2D eigenvalue weighted by Crippen LogP contribution is 2.26. The van der Waals surface area contributed by atoms with E-state index < -0.39 is 0 Å². The first-order chi connectivity index (χ1) is 15.0. The van der Waals surface area contributed by atoms with Crippen molar-refractivity contribution < 1.29 is 9.47 Å². The summed E-state index contributed by atoms with van der Waals surface area (Å²) < 4.78 is 10.6. The van der Waals surface area contributed by atoms with Crippen LogP contribution in [0.3, 0.4) is 0 Å². The van der Waals surface area contributed by atoms with Gasteiger partial charge >= 0.3 is 0 Å². The maximum absolute atomic E-state index is 5.30. The number of benzene rings is 2. The highest BCUT2D eigenvalue weighted by Gasteiger charge is 2.13. The molecule has 0 atom stereocenters. The molecule has 0 amide bonds. The molecule has 3 aromatic rings. The third kappa shape index (κ3) is 5.76. The molecule has 0 bridgehead atoms. The van der Waals surface area contributed by atoms with E-state index in [0.29, 0.717) is 0 Å². The lowest BCUT2D eigenvalue weighted by atomic mass is 10.0. The van der Waals surface area contributed by atoms with E-state index in [1.165, 1.54) is 16.7 Å². The monoisotopic (exact) mass is 414 g/mol. The molecule has 0 saturated carbocycles. The Kier molecular flexibility index (Phi) is 7.50. The second-order valence-electron chi connectivity index (χ2n) is 7.52. The van der Waals surface area contributed by atoms with Gasteiger partial charge in [-0.3, -0.25) is 0 Å². The van der Waals surface area contributed by atoms with Crippen LogP contribution >= 0.6 is 0 Å². The van der Waals surface area contributed by atoms with Gasteiger partial charge in [-0.2, -0.15) is 0 Å². The fourth-order valence-corrected chi connectivity index (χ4v) is 3.49. The van der Waals surface area contributed by atoms with Crippen molar-refractivity contribution in [2.45, 2.75) is 26.4 Å². The van der Waals surface area contributed by atoms with Gasteiger partial charge in [-0.25, -0.2) is 4.98 Å². The lowest BCUT2D eigenvalue weighted by Gasteiger charge is -2.25. The minimum Gasteiger partial charge on any atom is -0.497 e. The molecule has 0 spiro atoms. The Morgan fingerprint density at radius 3 is 1.87 bits per heavy atom. The molecular weight excluding hydrogens is 384 g/mol. The zero-order valence-electron chi connectivity index (χ0n) is 18.6. The molecular formula is C27H30N2O2. The molecule has 0 aliphatic rings. The van der Waals surface area contributed by atoms with E-state index >= 15 is 0 Å². The Bertz CT molecular complexity index is 975. The highest BCUT2D eigenvalue weighted by molar-refractivity contribution is 5.66. The van der Waals surface area contributed by atoms with Gasteiger partial charge in [0.2, 0.25) is 0 Å². The molecule has 0 aliphatic heterocycles. The number of anilines is 1. The van der Waals surface area contributed by atoms with Crippen molar-refractivity contribution in [3.8, 4) is 11.5 Å². The number of methoxy groups -OCH3 is 2.